The molecule has 0 atom stereocenters. The molecule has 112 valence electrons. The first kappa shape index (κ1) is 17.5. The van der Waals surface area contributed by atoms with Crippen LogP contribution in [-0.4, -0.2) is 37.0 Å². The predicted octanol–water partition coefficient (Wildman–Crippen LogP) is 2.73. The van der Waals surface area contributed by atoms with Crippen LogP contribution in [0.15, 0.2) is 0 Å². The van der Waals surface area contributed by atoms with Crippen molar-refractivity contribution < 1.29 is 19.4 Å². The molecule has 0 aromatic rings. The van der Waals surface area contributed by atoms with E-state index in [1.54, 1.807) is 0 Å². The summed E-state index contributed by atoms with van der Waals surface area (Å²) in [7, 11) is 0. The van der Waals surface area contributed by atoms with E-state index >= 15 is 0 Å². The van der Waals surface area contributed by atoms with Crippen molar-refractivity contribution in [3.05, 3.63) is 0 Å². The Labute approximate surface area is 114 Å². The van der Waals surface area contributed by atoms with Crippen LogP contribution < -0.4 is 10.6 Å². The monoisotopic (exact) mass is 274 g/mol. The Morgan fingerprint density at radius 2 is 1.53 bits per heavy atom. The molecule has 0 rings (SSSR count). The van der Waals surface area contributed by atoms with Crippen molar-refractivity contribution >= 4 is 12.2 Å². The molecule has 0 bridgehead atoms. The molecule has 0 heterocycles. The summed E-state index contributed by atoms with van der Waals surface area (Å²) in [6.07, 6.45) is 5.48. The Kier molecular flexibility index (Phi) is 12.0. The van der Waals surface area contributed by atoms with E-state index in [0.717, 1.165) is 44.9 Å². The van der Waals surface area contributed by atoms with Crippen molar-refractivity contribution in [2.45, 2.75) is 51.9 Å². The van der Waals surface area contributed by atoms with Gasteiger partial charge in [0.25, 0.3) is 0 Å². The Balaban J connectivity index is 3.13. The molecule has 0 saturated heterocycles. The fourth-order valence-corrected chi connectivity index (χ4v) is 1.53. The number of rotatable bonds is 11. The molecule has 6 nitrogen and oxygen atoms in total. The van der Waals surface area contributed by atoms with Crippen LogP contribution in [0.1, 0.15) is 51.9 Å². The highest BCUT2D eigenvalue weighted by Crippen LogP contribution is 2.01. The summed E-state index contributed by atoms with van der Waals surface area (Å²) in [6, 6.07) is 0. The first-order valence-electron chi connectivity index (χ1n) is 7.04. The second kappa shape index (κ2) is 13.0. The highest BCUT2D eigenvalue weighted by atomic mass is 16.5. The lowest BCUT2D eigenvalue weighted by Gasteiger charge is -2.06. The van der Waals surface area contributed by atoms with E-state index in [9.17, 15) is 9.59 Å². The zero-order chi connectivity index (χ0) is 14.3. The van der Waals surface area contributed by atoms with Crippen molar-refractivity contribution in [3.63, 3.8) is 0 Å². The third-order valence-electron chi connectivity index (χ3n) is 2.63. The third-order valence-corrected chi connectivity index (χ3v) is 2.63. The van der Waals surface area contributed by atoms with Crippen LogP contribution in [0.2, 0.25) is 0 Å². The highest BCUT2D eigenvalue weighted by Gasteiger charge is 1.99. The first-order valence-corrected chi connectivity index (χ1v) is 7.04. The van der Waals surface area contributed by atoms with E-state index in [-0.39, 0.29) is 6.09 Å². The second-order valence-electron chi connectivity index (χ2n) is 4.42. The van der Waals surface area contributed by atoms with Crippen molar-refractivity contribution in [1.29, 1.82) is 0 Å². The number of unbranched alkanes of at least 4 members (excludes halogenated alkanes) is 5. The van der Waals surface area contributed by atoms with Gasteiger partial charge in [0.2, 0.25) is 0 Å². The molecular weight excluding hydrogens is 248 g/mol. The molecule has 0 saturated carbocycles. The zero-order valence-corrected chi connectivity index (χ0v) is 11.7. The van der Waals surface area contributed by atoms with Gasteiger partial charge in [0.1, 0.15) is 0 Å². The van der Waals surface area contributed by atoms with Crippen molar-refractivity contribution in [1.82, 2.24) is 10.6 Å². The Morgan fingerprint density at radius 1 is 0.947 bits per heavy atom. The molecule has 0 aliphatic carbocycles. The quantitative estimate of drug-likeness (QED) is 0.505. The van der Waals surface area contributed by atoms with Crippen molar-refractivity contribution in [2.75, 3.05) is 19.7 Å². The van der Waals surface area contributed by atoms with Crippen LogP contribution in [0.3, 0.4) is 0 Å². The fourth-order valence-electron chi connectivity index (χ4n) is 1.53. The highest BCUT2D eigenvalue weighted by molar-refractivity contribution is 5.66. The number of carbonyl (C=O) groups is 2. The first-order chi connectivity index (χ1) is 9.16. The summed E-state index contributed by atoms with van der Waals surface area (Å²) in [4.78, 5) is 21.3. The van der Waals surface area contributed by atoms with Gasteiger partial charge in [-0.15, -0.1) is 0 Å². The molecule has 0 spiro atoms. The summed E-state index contributed by atoms with van der Waals surface area (Å²) >= 11 is 0. The van der Waals surface area contributed by atoms with Gasteiger partial charge >= 0.3 is 12.2 Å². The minimum atomic E-state index is -0.967. The summed E-state index contributed by atoms with van der Waals surface area (Å²) in [5.41, 5.74) is 0. The van der Waals surface area contributed by atoms with Gasteiger partial charge in [-0.05, 0) is 19.3 Å². The second-order valence-corrected chi connectivity index (χ2v) is 4.42. The number of amides is 2. The van der Waals surface area contributed by atoms with Crippen LogP contribution in [0, 0.1) is 0 Å². The zero-order valence-electron chi connectivity index (χ0n) is 11.7. The molecule has 0 aliphatic rings. The van der Waals surface area contributed by atoms with Gasteiger partial charge in [-0.3, -0.25) is 0 Å². The smallest absolute Gasteiger partial charge is 0.407 e. The molecule has 0 unspecified atom stereocenters. The van der Waals surface area contributed by atoms with Crippen molar-refractivity contribution in [3.8, 4) is 0 Å². The number of carbonyl (C=O) groups excluding carboxylic acids is 1. The third kappa shape index (κ3) is 14.5. The van der Waals surface area contributed by atoms with Crippen LogP contribution in [0.25, 0.3) is 0 Å². The number of carboxylic acid groups (broad SMARTS) is 1. The average molecular weight is 274 g/mol. The number of alkyl carbamates (subject to hydrolysis) is 1. The standard InChI is InChI=1S/C13H26N2O4/c1-2-3-11-19-13(18)15-10-8-6-4-5-7-9-14-12(16)17/h14H,2-11H2,1H3,(H,15,18)(H,16,17). The lowest BCUT2D eigenvalue weighted by atomic mass is 10.1. The molecule has 2 amide bonds. The largest absolute Gasteiger partial charge is 0.465 e. The summed E-state index contributed by atoms with van der Waals surface area (Å²) < 4.78 is 4.95. The number of nitrogens with one attached hydrogen (secondary N) is 2. The van der Waals surface area contributed by atoms with E-state index in [4.69, 9.17) is 9.84 Å². The molecule has 0 fully saturated rings. The van der Waals surface area contributed by atoms with Gasteiger partial charge in [-0.25, -0.2) is 9.59 Å². The minimum absolute atomic E-state index is 0.334. The van der Waals surface area contributed by atoms with Crippen LogP contribution in [0.4, 0.5) is 9.59 Å². The maximum atomic E-state index is 11.2. The van der Waals surface area contributed by atoms with Crippen LogP contribution >= 0.6 is 0 Å². The van der Waals surface area contributed by atoms with Gasteiger partial charge < -0.3 is 20.5 Å². The van der Waals surface area contributed by atoms with E-state index in [2.05, 4.69) is 10.6 Å². The number of hydrogen-bond acceptors (Lipinski definition) is 3. The summed E-state index contributed by atoms with van der Waals surface area (Å²) in [5.74, 6) is 0. The molecule has 0 aromatic heterocycles. The van der Waals surface area contributed by atoms with Crippen LogP contribution in [-0.2, 0) is 4.74 Å². The van der Waals surface area contributed by atoms with Gasteiger partial charge in [-0.2, -0.15) is 0 Å². The average Bonchev–Trinajstić information content (AvgIpc) is 2.36. The lowest BCUT2D eigenvalue weighted by Crippen LogP contribution is -2.25. The molecule has 0 radical (unpaired) electrons. The molecule has 0 aliphatic heterocycles. The maximum absolute atomic E-state index is 11.2. The molecular formula is C13H26N2O4. The van der Waals surface area contributed by atoms with E-state index < -0.39 is 6.09 Å². The van der Waals surface area contributed by atoms with Crippen LogP contribution in [0.5, 0.6) is 0 Å². The predicted molar refractivity (Wildman–Crippen MR) is 73.4 cm³/mol. The lowest BCUT2D eigenvalue weighted by molar-refractivity contribution is 0.144. The van der Waals surface area contributed by atoms with Gasteiger partial charge in [-0.1, -0.05) is 32.6 Å². The van der Waals surface area contributed by atoms with Crippen molar-refractivity contribution in [2.24, 2.45) is 0 Å². The van der Waals surface area contributed by atoms with Gasteiger partial charge in [0.15, 0.2) is 0 Å². The SMILES string of the molecule is CCCCOC(=O)NCCCCCCCNC(=O)O. The summed E-state index contributed by atoms with van der Waals surface area (Å²) in [5, 5.41) is 13.4. The van der Waals surface area contributed by atoms with Gasteiger partial charge in [0.05, 0.1) is 6.61 Å². The normalized spacial score (nSPS) is 9.95. The van der Waals surface area contributed by atoms with E-state index in [1.807, 2.05) is 6.92 Å². The number of hydrogen-bond donors (Lipinski definition) is 3. The Bertz CT molecular complexity index is 247. The molecule has 6 heteroatoms. The number of ether oxygens (including phenoxy) is 1. The Morgan fingerprint density at radius 3 is 2.11 bits per heavy atom. The van der Waals surface area contributed by atoms with Gasteiger partial charge in [0, 0.05) is 13.1 Å². The van der Waals surface area contributed by atoms with E-state index in [0.29, 0.717) is 19.7 Å². The maximum Gasteiger partial charge on any atom is 0.407 e. The fraction of sp³-hybridized carbons (Fsp3) is 0.846. The topological polar surface area (TPSA) is 87.7 Å². The Hall–Kier alpha value is -1.46. The summed E-state index contributed by atoms with van der Waals surface area (Å²) in [6.45, 7) is 3.68. The van der Waals surface area contributed by atoms with E-state index in [1.165, 1.54) is 0 Å². The minimum Gasteiger partial charge on any atom is -0.465 e. The molecule has 19 heavy (non-hydrogen) atoms. The molecule has 0 aromatic carbocycles. The molecule has 3 N–H and O–H groups in total.